The number of nitrogens with zero attached hydrogens (tertiary/aromatic N) is 2. The van der Waals surface area contributed by atoms with Gasteiger partial charge in [-0.2, -0.15) is 0 Å². The first-order valence-corrected chi connectivity index (χ1v) is 9.26. The lowest BCUT2D eigenvalue weighted by Gasteiger charge is -2.48. The van der Waals surface area contributed by atoms with Gasteiger partial charge in [0.25, 0.3) is 0 Å². The standard InChI is InChI=1S/C20H16ClF2N3O/c21-11-6-14-18(15(23)7-11)24-10-25-19(14)26-16-9-20(4-1-5-20)27-17-3-2-12(22)8-13(16)17/h2-3,6-8,10,16H,1,4-5,9H2,(H,24,25,26)/t16-/m0/s1. The van der Waals surface area contributed by atoms with Gasteiger partial charge in [-0.15, -0.1) is 0 Å². The maximum Gasteiger partial charge on any atom is 0.151 e. The zero-order chi connectivity index (χ0) is 18.6. The third-order valence-electron chi connectivity index (χ3n) is 5.48. The molecule has 0 radical (unpaired) electrons. The number of anilines is 1. The van der Waals surface area contributed by atoms with E-state index in [0.29, 0.717) is 23.4 Å². The number of ether oxygens (including phenoxy) is 1. The minimum Gasteiger partial charge on any atom is -0.487 e. The van der Waals surface area contributed by atoms with Crippen molar-refractivity contribution in [2.75, 3.05) is 5.32 Å². The Morgan fingerprint density at radius 1 is 1.15 bits per heavy atom. The third-order valence-corrected chi connectivity index (χ3v) is 5.70. The first kappa shape index (κ1) is 16.7. The smallest absolute Gasteiger partial charge is 0.151 e. The van der Waals surface area contributed by atoms with E-state index in [1.807, 2.05) is 0 Å². The van der Waals surface area contributed by atoms with Gasteiger partial charge in [0.1, 0.15) is 34.8 Å². The SMILES string of the molecule is Fc1ccc2c(c1)[C@@H](Nc1ncnc3c(F)cc(Cl)cc13)CC1(CCC1)O2. The van der Waals surface area contributed by atoms with Gasteiger partial charge in [-0.3, -0.25) is 0 Å². The topological polar surface area (TPSA) is 47.0 Å². The second-order valence-electron chi connectivity index (χ2n) is 7.23. The lowest BCUT2D eigenvalue weighted by atomic mass is 9.73. The van der Waals surface area contributed by atoms with Crippen LogP contribution < -0.4 is 10.1 Å². The molecule has 0 bridgehead atoms. The summed E-state index contributed by atoms with van der Waals surface area (Å²) in [7, 11) is 0. The van der Waals surface area contributed by atoms with E-state index in [0.717, 1.165) is 24.8 Å². The van der Waals surface area contributed by atoms with Crippen LogP contribution in [0.5, 0.6) is 5.75 Å². The summed E-state index contributed by atoms with van der Waals surface area (Å²) in [5.41, 5.74) is 0.706. The van der Waals surface area contributed by atoms with Gasteiger partial charge in [0.05, 0.1) is 6.04 Å². The van der Waals surface area contributed by atoms with E-state index >= 15 is 0 Å². The Morgan fingerprint density at radius 3 is 2.78 bits per heavy atom. The number of hydrogen-bond donors (Lipinski definition) is 1. The average Bonchev–Trinajstić information content (AvgIpc) is 2.61. The van der Waals surface area contributed by atoms with Crippen molar-refractivity contribution in [3.8, 4) is 5.75 Å². The molecular weight excluding hydrogens is 372 g/mol. The summed E-state index contributed by atoms with van der Waals surface area (Å²) in [6.45, 7) is 0. The molecule has 1 aliphatic heterocycles. The van der Waals surface area contributed by atoms with Gasteiger partial charge >= 0.3 is 0 Å². The summed E-state index contributed by atoms with van der Waals surface area (Å²) >= 11 is 6.02. The highest BCUT2D eigenvalue weighted by Gasteiger charge is 2.45. The molecule has 138 valence electrons. The van der Waals surface area contributed by atoms with E-state index in [9.17, 15) is 8.78 Å². The van der Waals surface area contributed by atoms with Crippen LogP contribution in [0.25, 0.3) is 10.9 Å². The second-order valence-corrected chi connectivity index (χ2v) is 7.66. The molecule has 1 aromatic heterocycles. The minimum absolute atomic E-state index is 0.196. The Hall–Kier alpha value is -2.47. The van der Waals surface area contributed by atoms with Crippen molar-refractivity contribution in [1.29, 1.82) is 0 Å². The zero-order valence-electron chi connectivity index (χ0n) is 14.3. The minimum atomic E-state index is -0.503. The van der Waals surface area contributed by atoms with Crippen LogP contribution in [0, 0.1) is 11.6 Å². The molecule has 1 N–H and O–H groups in total. The van der Waals surface area contributed by atoms with Crippen molar-refractivity contribution in [1.82, 2.24) is 9.97 Å². The normalized spacial score (nSPS) is 20.0. The molecule has 1 fully saturated rings. The molecule has 7 heteroatoms. The predicted octanol–water partition coefficient (Wildman–Crippen LogP) is 5.42. The van der Waals surface area contributed by atoms with Gasteiger partial charge in [-0.25, -0.2) is 18.7 Å². The summed E-state index contributed by atoms with van der Waals surface area (Å²) < 4.78 is 34.3. The lowest BCUT2D eigenvalue weighted by Crippen LogP contribution is -2.48. The fraction of sp³-hybridized carbons (Fsp3) is 0.300. The van der Waals surface area contributed by atoms with E-state index in [-0.39, 0.29) is 28.0 Å². The molecule has 1 spiro atoms. The number of aromatic nitrogens is 2. The number of benzene rings is 2. The van der Waals surface area contributed by atoms with E-state index < -0.39 is 5.82 Å². The predicted molar refractivity (Wildman–Crippen MR) is 99.1 cm³/mol. The Labute approximate surface area is 159 Å². The van der Waals surface area contributed by atoms with Crippen LogP contribution in [0.15, 0.2) is 36.7 Å². The molecule has 1 aliphatic carbocycles. The number of halogens is 3. The Balaban J connectivity index is 1.59. The summed E-state index contributed by atoms with van der Waals surface area (Å²) in [5, 5.41) is 4.13. The van der Waals surface area contributed by atoms with Crippen LogP contribution in [0.4, 0.5) is 14.6 Å². The Bertz CT molecular complexity index is 1050. The van der Waals surface area contributed by atoms with Crippen LogP contribution in [0.3, 0.4) is 0 Å². The maximum absolute atomic E-state index is 14.2. The molecule has 0 saturated heterocycles. The number of rotatable bonds is 2. The number of fused-ring (bicyclic) bond motifs is 2. The molecule has 1 atom stereocenters. The fourth-order valence-electron chi connectivity index (χ4n) is 4.02. The van der Waals surface area contributed by atoms with Gasteiger partial charge in [-0.05, 0) is 49.6 Å². The van der Waals surface area contributed by atoms with Crippen molar-refractivity contribution in [3.63, 3.8) is 0 Å². The van der Waals surface area contributed by atoms with Gasteiger partial charge in [0.15, 0.2) is 5.82 Å². The molecule has 2 aromatic carbocycles. The monoisotopic (exact) mass is 387 g/mol. The van der Waals surface area contributed by atoms with E-state index in [4.69, 9.17) is 16.3 Å². The number of hydrogen-bond acceptors (Lipinski definition) is 4. The van der Waals surface area contributed by atoms with Crippen LogP contribution >= 0.6 is 11.6 Å². The lowest BCUT2D eigenvalue weighted by molar-refractivity contribution is -0.0310. The highest BCUT2D eigenvalue weighted by molar-refractivity contribution is 6.31. The van der Waals surface area contributed by atoms with Gasteiger partial charge in [0, 0.05) is 22.4 Å². The van der Waals surface area contributed by atoms with Crippen molar-refractivity contribution < 1.29 is 13.5 Å². The summed E-state index contributed by atoms with van der Waals surface area (Å²) in [6.07, 6.45) is 5.05. The first-order chi connectivity index (χ1) is 13.0. The van der Waals surface area contributed by atoms with Crippen molar-refractivity contribution in [2.45, 2.75) is 37.3 Å². The van der Waals surface area contributed by atoms with Gasteiger partial charge in [0.2, 0.25) is 0 Å². The van der Waals surface area contributed by atoms with Crippen LogP contribution in [-0.2, 0) is 0 Å². The molecule has 5 rings (SSSR count). The molecule has 3 aromatic rings. The average molecular weight is 388 g/mol. The maximum atomic E-state index is 14.2. The molecule has 0 amide bonds. The van der Waals surface area contributed by atoms with Gasteiger partial charge < -0.3 is 10.1 Å². The molecule has 4 nitrogen and oxygen atoms in total. The van der Waals surface area contributed by atoms with Crippen molar-refractivity contribution >= 4 is 28.3 Å². The molecule has 2 aliphatic rings. The van der Waals surface area contributed by atoms with E-state index in [1.54, 1.807) is 12.1 Å². The summed E-state index contributed by atoms with van der Waals surface area (Å²) in [6, 6.07) is 7.21. The van der Waals surface area contributed by atoms with Crippen LogP contribution in [-0.4, -0.2) is 15.6 Å². The molecular formula is C20H16ClF2N3O. The van der Waals surface area contributed by atoms with E-state index in [1.165, 1.54) is 24.5 Å². The Morgan fingerprint density at radius 2 is 2.00 bits per heavy atom. The summed E-state index contributed by atoms with van der Waals surface area (Å²) in [5.74, 6) is 0.326. The quantitative estimate of drug-likeness (QED) is 0.637. The highest BCUT2D eigenvalue weighted by Crippen LogP contribution is 2.50. The molecule has 2 heterocycles. The van der Waals surface area contributed by atoms with Crippen LogP contribution in [0.2, 0.25) is 5.02 Å². The molecule has 27 heavy (non-hydrogen) atoms. The van der Waals surface area contributed by atoms with Crippen LogP contribution in [0.1, 0.15) is 37.3 Å². The van der Waals surface area contributed by atoms with Crippen molar-refractivity contribution in [2.24, 2.45) is 0 Å². The molecule has 1 saturated carbocycles. The fourth-order valence-corrected chi connectivity index (χ4v) is 4.22. The summed E-state index contributed by atoms with van der Waals surface area (Å²) in [4.78, 5) is 8.31. The highest BCUT2D eigenvalue weighted by atomic mass is 35.5. The largest absolute Gasteiger partial charge is 0.487 e. The van der Waals surface area contributed by atoms with E-state index in [2.05, 4.69) is 15.3 Å². The second kappa shape index (κ2) is 6.02. The molecule has 0 unspecified atom stereocenters. The third kappa shape index (κ3) is 2.79. The zero-order valence-corrected chi connectivity index (χ0v) is 15.1. The Kier molecular flexibility index (Phi) is 3.72. The first-order valence-electron chi connectivity index (χ1n) is 8.88. The van der Waals surface area contributed by atoms with Gasteiger partial charge in [-0.1, -0.05) is 11.6 Å². The number of nitrogens with one attached hydrogen (secondary N) is 1. The van der Waals surface area contributed by atoms with Crippen molar-refractivity contribution in [3.05, 3.63) is 58.9 Å².